The lowest BCUT2D eigenvalue weighted by atomic mass is 10.0. The van der Waals surface area contributed by atoms with Crippen molar-refractivity contribution in [3.63, 3.8) is 0 Å². The molecular weight excluding hydrogens is 402 g/mol. The Morgan fingerprint density at radius 2 is 1.94 bits per heavy atom. The van der Waals surface area contributed by atoms with Crippen LogP contribution in [-0.4, -0.2) is 50.6 Å². The highest BCUT2D eigenvalue weighted by Crippen LogP contribution is 2.32. The second-order valence-corrected chi connectivity index (χ2v) is 7.94. The smallest absolute Gasteiger partial charge is 0.160 e. The molecule has 0 bridgehead atoms. The number of hydrogen-bond donors (Lipinski definition) is 2. The third kappa shape index (κ3) is 3.25. The van der Waals surface area contributed by atoms with E-state index >= 15 is 0 Å². The van der Waals surface area contributed by atoms with Crippen LogP contribution in [-0.2, 0) is 4.74 Å². The first kappa shape index (κ1) is 18.8. The number of H-pyrrole nitrogens is 1. The molecule has 0 saturated carbocycles. The molecule has 0 atom stereocenters. The number of nitrogens with zero attached hydrogens (tertiary/aromatic N) is 5. The average Bonchev–Trinajstić information content (AvgIpc) is 3.52. The van der Waals surface area contributed by atoms with Gasteiger partial charge >= 0.3 is 0 Å². The standard InChI is InChI=1S/C24H23N7O/c1-16-20(18-12-17-4-5-25-23(17)28-14-18)13-21(24-26-6-7-31(16)24)29-22-3-2-19(15-27-22)30-8-10-32-11-9-30/h2-7,12-15H,8-11H2,1H3,(H,25,28)(H,27,29). The molecule has 0 aliphatic carbocycles. The fourth-order valence-corrected chi connectivity index (χ4v) is 4.29. The van der Waals surface area contributed by atoms with E-state index in [2.05, 4.69) is 59.7 Å². The molecule has 1 aliphatic heterocycles. The summed E-state index contributed by atoms with van der Waals surface area (Å²) in [7, 11) is 0. The van der Waals surface area contributed by atoms with Gasteiger partial charge in [0, 0.05) is 60.1 Å². The Hall–Kier alpha value is -3.91. The monoisotopic (exact) mass is 425 g/mol. The van der Waals surface area contributed by atoms with E-state index in [1.807, 2.05) is 43.1 Å². The van der Waals surface area contributed by atoms with Crippen molar-refractivity contribution in [2.75, 3.05) is 36.5 Å². The van der Waals surface area contributed by atoms with Gasteiger partial charge in [-0.3, -0.25) is 0 Å². The Balaban J connectivity index is 1.37. The van der Waals surface area contributed by atoms with Crippen molar-refractivity contribution in [3.8, 4) is 11.1 Å². The van der Waals surface area contributed by atoms with Gasteiger partial charge in [0.1, 0.15) is 11.5 Å². The van der Waals surface area contributed by atoms with Gasteiger partial charge in [-0.2, -0.15) is 0 Å². The van der Waals surface area contributed by atoms with E-state index in [4.69, 9.17) is 4.74 Å². The molecule has 1 saturated heterocycles. The molecule has 5 aromatic rings. The van der Waals surface area contributed by atoms with E-state index in [0.717, 1.165) is 77.0 Å². The molecule has 0 radical (unpaired) electrons. The predicted octanol–water partition coefficient (Wildman–Crippen LogP) is 4.16. The zero-order valence-electron chi connectivity index (χ0n) is 17.7. The zero-order chi connectivity index (χ0) is 21.5. The minimum atomic E-state index is 0.757. The number of aryl methyl sites for hydroxylation is 1. The number of fused-ring (bicyclic) bond motifs is 2. The molecule has 1 aliphatic rings. The molecule has 0 spiro atoms. The highest BCUT2D eigenvalue weighted by atomic mass is 16.5. The molecule has 6 heterocycles. The summed E-state index contributed by atoms with van der Waals surface area (Å²) in [5.74, 6) is 0.779. The van der Waals surface area contributed by atoms with Crippen LogP contribution in [0.1, 0.15) is 5.69 Å². The topological polar surface area (TPSA) is 83.4 Å². The minimum absolute atomic E-state index is 0.757. The zero-order valence-corrected chi connectivity index (χ0v) is 17.7. The van der Waals surface area contributed by atoms with Crippen molar-refractivity contribution >= 4 is 33.9 Å². The molecule has 32 heavy (non-hydrogen) atoms. The molecule has 8 heteroatoms. The number of aromatic nitrogens is 5. The lowest BCUT2D eigenvalue weighted by Crippen LogP contribution is -2.36. The molecule has 5 aromatic heterocycles. The van der Waals surface area contributed by atoms with Crippen LogP contribution in [0.5, 0.6) is 0 Å². The number of rotatable bonds is 4. The second kappa shape index (κ2) is 7.65. The summed E-state index contributed by atoms with van der Waals surface area (Å²) in [5.41, 5.74) is 7.02. The van der Waals surface area contributed by atoms with E-state index in [0.29, 0.717) is 0 Å². The molecule has 0 aromatic carbocycles. The summed E-state index contributed by atoms with van der Waals surface area (Å²) in [5, 5.41) is 4.55. The van der Waals surface area contributed by atoms with Gasteiger partial charge in [-0.25, -0.2) is 15.0 Å². The molecule has 2 N–H and O–H groups in total. The third-order valence-electron chi connectivity index (χ3n) is 6.02. The molecule has 160 valence electrons. The van der Waals surface area contributed by atoms with E-state index in [1.165, 1.54) is 0 Å². The van der Waals surface area contributed by atoms with Crippen molar-refractivity contribution in [1.29, 1.82) is 0 Å². The maximum atomic E-state index is 5.44. The number of nitrogens with one attached hydrogen (secondary N) is 2. The number of aromatic amines is 1. The number of pyridine rings is 3. The number of imidazole rings is 1. The van der Waals surface area contributed by atoms with Crippen molar-refractivity contribution in [3.05, 3.63) is 67.0 Å². The Labute approximate surface area is 184 Å². The number of ether oxygens (including phenoxy) is 1. The number of anilines is 3. The molecule has 6 rings (SSSR count). The molecule has 8 nitrogen and oxygen atoms in total. The van der Waals surface area contributed by atoms with Gasteiger partial charge in [-0.15, -0.1) is 0 Å². The van der Waals surface area contributed by atoms with Gasteiger partial charge in [0.25, 0.3) is 0 Å². The van der Waals surface area contributed by atoms with E-state index in [-0.39, 0.29) is 0 Å². The summed E-state index contributed by atoms with van der Waals surface area (Å²) < 4.78 is 7.54. The summed E-state index contributed by atoms with van der Waals surface area (Å²) in [6.07, 6.45) is 9.53. The average molecular weight is 425 g/mol. The maximum Gasteiger partial charge on any atom is 0.160 e. The van der Waals surface area contributed by atoms with E-state index in [1.54, 1.807) is 0 Å². The molecule has 0 amide bonds. The Morgan fingerprint density at radius 1 is 1.03 bits per heavy atom. The summed E-state index contributed by atoms with van der Waals surface area (Å²) in [6.45, 7) is 5.40. The van der Waals surface area contributed by atoms with Gasteiger partial charge in [0.05, 0.1) is 30.8 Å². The van der Waals surface area contributed by atoms with Crippen LogP contribution in [0.4, 0.5) is 17.2 Å². The Morgan fingerprint density at radius 3 is 2.78 bits per heavy atom. The largest absolute Gasteiger partial charge is 0.378 e. The third-order valence-corrected chi connectivity index (χ3v) is 6.02. The first-order valence-corrected chi connectivity index (χ1v) is 10.7. The first-order chi connectivity index (χ1) is 15.8. The normalized spacial score (nSPS) is 14.3. The number of hydrogen-bond acceptors (Lipinski definition) is 6. The van der Waals surface area contributed by atoms with Crippen LogP contribution >= 0.6 is 0 Å². The van der Waals surface area contributed by atoms with Crippen LogP contribution in [0, 0.1) is 6.92 Å². The van der Waals surface area contributed by atoms with Crippen molar-refractivity contribution in [2.45, 2.75) is 6.92 Å². The highest BCUT2D eigenvalue weighted by molar-refractivity contribution is 5.85. The first-order valence-electron chi connectivity index (χ1n) is 10.7. The van der Waals surface area contributed by atoms with Crippen LogP contribution < -0.4 is 10.2 Å². The van der Waals surface area contributed by atoms with Crippen LogP contribution in [0.25, 0.3) is 27.8 Å². The van der Waals surface area contributed by atoms with E-state index in [9.17, 15) is 0 Å². The van der Waals surface area contributed by atoms with Crippen LogP contribution in [0.3, 0.4) is 0 Å². The van der Waals surface area contributed by atoms with Gasteiger partial charge in [-0.05, 0) is 37.3 Å². The summed E-state index contributed by atoms with van der Waals surface area (Å²) in [6, 6.07) is 10.4. The summed E-state index contributed by atoms with van der Waals surface area (Å²) >= 11 is 0. The van der Waals surface area contributed by atoms with Gasteiger partial charge in [0.2, 0.25) is 0 Å². The fourth-order valence-electron chi connectivity index (χ4n) is 4.29. The lowest BCUT2D eigenvalue weighted by Gasteiger charge is -2.28. The lowest BCUT2D eigenvalue weighted by molar-refractivity contribution is 0.122. The van der Waals surface area contributed by atoms with Crippen LogP contribution in [0.2, 0.25) is 0 Å². The minimum Gasteiger partial charge on any atom is -0.378 e. The number of morpholine rings is 1. The fraction of sp³-hybridized carbons (Fsp3) is 0.208. The van der Waals surface area contributed by atoms with Crippen molar-refractivity contribution in [2.24, 2.45) is 0 Å². The van der Waals surface area contributed by atoms with Crippen LogP contribution in [0.15, 0.2) is 61.3 Å². The Bertz CT molecular complexity index is 1400. The quantitative estimate of drug-likeness (QED) is 0.450. The molecular formula is C24H23N7O. The second-order valence-electron chi connectivity index (χ2n) is 7.94. The van der Waals surface area contributed by atoms with Gasteiger partial charge < -0.3 is 24.3 Å². The maximum absolute atomic E-state index is 5.44. The summed E-state index contributed by atoms with van der Waals surface area (Å²) in [4.78, 5) is 19.2. The predicted molar refractivity (Wildman–Crippen MR) is 126 cm³/mol. The molecule has 1 fully saturated rings. The van der Waals surface area contributed by atoms with Crippen molar-refractivity contribution < 1.29 is 4.74 Å². The highest BCUT2D eigenvalue weighted by Gasteiger charge is 2.15. The SMILES string of the molecule is Cc1c(-c2cnc3[nH]ccc3c2)cc(Nc2ccc(N3CCOCC3)cn2)c2nccn12. The Kier molecular flexibility index (Phi) is 4.50. The molecule has 0 unspecified atom stereocenters. The van der Waals surface area contributed by atoms with Gasteiger partial charge in [-0.1, -0.05) is 0 Å². The van der Waals surface area contributed by atoms with Crippen molar-refractivity contribution in [1.82, 2.24) is 24.3 Å². The van der Waals surface area contributed by atoms with Gasteiger partial charge in [0.15, 0.2) is 5.65 Å². The van der Waals surface area contributed by atoms with E-state index < -0.39 is 0 Å².